The van der Waals surface area contributed by atoms with Crippen molar-refractivity contribution in [3.63, 3.8) is 0 Å². The molecule has 1 saturated heterocycles. The highest BCUT2D eigenvalue weighted by molar-refractivity contribution is 5.75. The fourth-order valence-corrected chi connectivity index (χ4v) is 2.43. The summed E-state index contributed by atoms with van der Waals surface area (Å²) in [5.74, 6) is 0.840. The Morgan fingerprint density at radius 1 is 1.32 bits per heavy atom. The minimum atomic E-state index is -0.156. The Balaban J connectivity index is 1.90. The van der Waals surface area contributed by atoms with Crippen LogP contribution < -0.4 is 4.90 Å². The maximum Gasteiger partial charge on any atom is 0.148 e. The average molecular weight is 259 g/mol. The van der Waals surface area contributed by atoms with Crippen LogP contribution in [0.15, 0.2) is 30.5 Å². The Kier molecular flexibility index (Phi) is 3.31. The van der Waals surface area contributed by atoms with E-state index >= 15 is 0 Å². The number of aromatic nitrogens is 2. The van der Waals surface area contributed by atoms with Crippen molar-refractivity contribution in [3.8, 4) is 0 Å². The fourth-order valence-electron chi connectivity index (χ4n) is 2.43. The van der Waals surface area contributed by atoms with Crippen LogP contribution in [0.2, 0.25) is 0 Å². The fraction of sp³-hybridized carbons (Fsp3) is 0.429. The van der Waals surface area contributed by atoms with Crippen LogP contribution in [-0.4, -0.2) is 47.0 Å². The average Bonchev–Trinajstić information content (AvgIpc) is 2.46. The molecule has 1 aromatic carbocycles. The van der Waals surface area contributed by atoms with E-state index in [-0.39, 0.29) is 18.8 Å². The lowest BCUT2D eigenvalue weighted by Crippen LogP contribution is -2.48. The van der Waals surface area contributed by atoms with Crippen molar-refractivity contribution in [1.82, 2.24) is 9.97 Å². The lowest BCUT2D eigenvalue weighted by molar-refractivity contribution is -0.0423. The first-order valence-corrected chi connectivity index (χ1v) is 6.49. The molecule has 5 nitrogen and oxygen atoms in total. The Labute approximate surface area is 111 Å². The van der Waals surface area contributed by atoms with Crippen molar-refractivity contribution in [2.45, 2.75) is 19.1 Å². The molecule has 2 atom stereocenters. The van der Waals surface area contributed by atoms with Crippen molar-refractivity contribution in [2.24, 2.45) is 0 Å². The van der Waals surface area contributed by atoms with Gasteiger partial charge in [-0.2, -0.15) is 0 Å². The van der Waals surface area contributed by atoms with Gasteiger partial charge in [0.1, 0.15) is 5.82 Å². The van der Waals surface area contributed by atoms with E-state index in [1.807, 2.05) is 31.2 Å². The summed E-state index contributed by atoms with van der Waals surface area (Å²) in [5, 5.41) is 9.26. The van der Waals surface area contributed by atoms with Gasteiger partial charge < -0.3 is 14.7 Å². The molecule has 5 heteroatoms. The molecule has 1 N–H and O–H groups in total. The van der Waals surface area contributed by atoms with Gasteiger partial charge in [-0.25, -0.2) is 4.98 Å². The number of rotatable bonds is 2. The van der Waals surface area contributed by atoms with E-state index < -0.39 is 0 Å². The third-order valence-electron chi connectivity index (χ3n) is 3.29. The molecule has 1 fully saturated rings. The summed E-state index contributed by atoms with van der Waals surface area (Å²) in [6.45, 7) is 3.45. The number of morpholine rings is 1. The van der Waals surface area contributed by atoms with Crippen LogP contribution >= 0.6 is 0 Å². The molecule has 0 bridgehead atoms. The number of aliphatic hydroxyl groups is 1. The Morgan fingerprint density at radius 3 is 2.89 bits per heavy atom. The number of ether oxygens (including phenoxy) is 1. The van der Waals surface area contributed by atoms with Gasteiger partial charge in [-0.3, -0.25) is 4.98 Å². The summed E-state index contributed by atoms with van der Waals surface area (Å²) in [5.41, 5.74) is 1.78. The van der Waals surface area contributed by atoms with Crippen LogP contribution in [0.3, 0.4) is 0 Å². The molecule has 2 unspecified atom stereocenters. The molecule has 2 aromatic rings. The van der Waals surface area contributed by atoms with Gasteiger partial charge >= 0.3 is 0 Å². The maximum absolute atomic E-state index is 9.26. The smallest absolute Gasteiger partial charge is 0.148 e. The highest BCUT2D eigenvalue weighted by Gasteiger charge is 2.25. The molecular formula is C14H17N3O2. The first-order chi connectivity index (χ1) is 9.26. The third kappa shape index (κ3) is 2.52. The molecule has 0 spiro atoms. The van der Waals surface area contributed by atoms with E-state index in [4.69, 9.17) is 4.74 Å². The molecular weight excluding hydrogens is 242 g/mol. The first kappa shape index (κ1) is 12.3. The molecule has 100 valence electrons. The van der Waals surface area contributed by atoms with Crippen molar-refractivity contribution >= 4 is 16.9 Å². The van der Waals surface area contributed by atoms with Crippen molar-refractivity contribution in [3.05, 3.63) is 30.5 Å². The van der Waals surface area contributed by atoms with Gasteiger partial charge in [-0.05, 0) is 19.1 Å². The molecule has 0 saturated carbocycles. The topological polar surface area (TPSA) is 58.5 Å². The molecule has 3 rings (SSSR count). The number of hydrogen-bond acceptors (Lipinski definition) is 5. The van der Waals surface area contributed by atoms with Crippen LogP contribution in [0, 0.1) is 0 Å². The molecule has 1 aliphatic heterocycles. The van der Waals surface area contributed by atoms with Gasteiger partial charge in [-0.15, -0.1) is 0 Å². The standard InChI is InChI=1S/C14H17N3O2/c1-10-7-17(8-11(9-18)19-10)14-6-15-12-4-2-3-5-13(12)16-14/h2-6,10-11,18H,7-9H2,1H3. The van der Waals surface area contributed by atoms with Crippen LogP contribution in [0.5, 0.6) is 0 Å². The number of hydrogen-bond donors (Lipinski definition) is 1. The highest BCUT2D eigenvalue weighted by atomic mass is 16.5. The SMILES string of the molecule is CC1CN(c2cnc3ccccc3n2)CC(CO)O1. The Morgan fingerprint density at radius 2 is 2.11 bits per heavy atom. The lowest BCUT2D eigenvalue weighted by atomic mass is 10.2. The molecule has 0 amide bonds. The second-order valence-electron chi connectivity index (χ2n) is 4.87. The lowest BCUT2D eigenvalue weighted by Gasteiger charge is -2.36. The largest absolute Gasteiger partial charge is 0.394 e. The molecule has 1 aromatic heterocycles. The van der Waals surface area contributed by atoms with Crippen LogP contribution in [0.25, 0.3) is 11.0 Å². The predicted molar refractivity (Wildman–Crippen MR) is 73.2 cm³/mol. The quantitative estimate of drug-likeness (QED) is 0.878. The Hall–Kier alpha value is -1.72. The number of benzene rings is 1. The number of nitrogens with zero attached hydrogens (tertiary/aromatic N) is 3. The number of aliphatic hydroxyl groups excluding tert-OH is 1. The number of anilines is 1. The van der Waals surface area contributed by atoms with E-state index in [1.54, 1.807) is 6.20 Å². The third-order valence-corrected chi connectivity index (χ3v) is 3.29. The summed E-state index contributed by atoms with van der Waals surface area (Å²) < 4.78 is 5.63. The zero-order valence-corrected chi connectivity index (χ0v) is 10.9. The molecule has 2 heterocycles. The van der Waals surface area contributed by atoms with Crippen LogP contribution in [0.1, 0.15) is 6.92 Å². The summed E-state index contributed by atoms with van der Waals surface area (Å²) in [6.07, 6.45) is 1.71. The summed E-state index contributed by atoms with van der Waals surface area (Å²) in [4.78, 5) is 11.2. The highest BCUT2D eigenvalue weighted by Crippen LogP contribution is 2.19. The normalized spacial score (nSPS) is 23.8. The van der Waals surface area contributed by atoms with E-state index in [0.29, 0.717) is 6.54 Å². The molecule has 0 radical (unpaired) electrons. The summed E-state index contributed by atoms with van der Waals surface area (Å²) in [6, 6.07) is 7.82. The second-order valence-corrected chi connectivity index (χ2v) is 4.87. The van der Waals surface area contributed by atoms with Crippen molar-refractivity contribution in [1.29, 1.82) is 0 Å². The van der Waals surface area contributed by atoms with Gasteiger partial charge in [0, 0.05) is 13.1 Å². The van der Waals surface area contributed by atoms with E-state index in [1.165, 1.54) is 0 Å². The van der Waals surface area contributed by atoms with Crippen molar-refractivity contribution < 1.29 is 9.84 Å². The Bertz CT molecular complexity index is 575. The van der Waals surface area contributed by atoms with E-state index in [2.05, 4.69) is 14.9 Å². The molecule has 19 heavy (non-hydrogen) atoms. The van der Waals surface area contributed by atoms with Gasteiger partial charge in [-0.1, -0.05) is 12.1 Å². The minimum absolute atomic E-state index is 0.0296. The summed E-state index contributed by atoms with van der Waals surface area (Å²) >= 11 is 0. The number of fused-ring (bicyclic) bond motifs is 1. The zero-order chi connectivity index (χ0) is 13.2. The predicted octanol–water partition coefficient (Wildman–Crippen LogP) is 1.22. The van der Waals surface area contributed by atoms with Crippen LogP contribution in [-0.2, 0) is 4.74 Å². The minimum Gasteiger partial charge on any atom is -0.394 e. The van der Waals surface area contributed by atoms with E-state index in [9.17, 15) is 5.11 Å². The molecule has 1 aliphatic rings. The van der Waals surface area contributed by atoms with E-state index in [0.717, 1.165) is 23.4 Å². The van der Waals surface area contributed by atoms with Gasteiger partial charge in [0.15, 0.2) is 0 Å². The number of para-hydroxylation sites is 2. The molecule has 0 aliphatic carbocycles. The monoisotopic (exact) mass is 259 g/mol. The van der Waals surface area contributed by atoms with Gasteiger partial charge in [0.2, 0.25) is 0 Å². The second kappa shape index (κ2) is 5.11. The van der Waals surface area contributed by atoms with Crippen molar-refractivity contribution in [2.75, 3.05) is 24.6 Å². The van der Waals surface area contributed by atoms with Crippen LogP contribution in [0.4, 0.5) is 5.82 Å². The summed E-state index contributed by atoms with van der Waals surface area (Å²) in [7, 11) is 0. The zero-order valence-electron chi connectivity index (χ0n) is 10.9. The van der Waals surface area contributed by atoms with Gasteiger partial charge in [0.25, 0.3) is 0 Å². The first-order valence-electron chi connectivity index (χ1n) is 6.49. The maximum atomic E-state index is 9.26. The van der Waals surface area contributed by atoms with Gasteiger partial charge in [0.05, 0.1) is 36.0 Å².